The molecule has 0 amide bonds. The number of fused-ring (bicyclic) bond motifs is 1. The van der Waals surface area contributed by atoms with Gasteiger partial charge in [0, 0.05) is 0 Å². The van der Waals surface area contributed by atoms with Crippen molar-refractivity contribution in [1.82, 2.24) is 0 Å². The molecule has 0 saturated carbocycles. The van der Waals surface area contributed by atoms with Gasteiger partial charge in [-0.2, -0.15) is 0 Å². The molecule has 5 nitrogen and oxygen atoms in total. The molecule has 0 aliphatic carbocycles. The third kappa shape index (κ3) is 1.84. The monoisotopic (exact) mass is 252 g/mol. The molecule has 2 N–H and O–H groups in total. The van der Waals surface area contributed by atoms with E-state index in [1.165, 1.54) is 0 Å². The summed E-state index contributed by atoms with van der Waals surface area (Å²) >= 11 is 0. The molecule has 0 radical (unpaired) electrons. The van der Waals surface area contributed by atoms with Gasteiger partial charge < -0.3 is 24.4 Å². The van der Waals surface area contributed by atoms with Crippen LogP contribution in [-0.2, 0) is 20.8 Å². The van der Waals surface area contributed by atoms with Crippen LogP contribution in [0.2, 0.25) is 0 Å². The fourth-order valence-electron chi connectivity index (χ4n) is 2.47. The summed E-state index contributed by atoms with van der Waals surface area (Å²) in [6, 6.07) is 9.62. The number of rotatable bonds is 3. The van der Waals surface area contributed by atoms with Crippen LogP contribution < -0.4 is 0 Å². The van der Waals surface area contributed by atoms with Crippen LogP contribution in [-0.4, -0.2) is 47.5 Å². The van der Waals surface area contributed by atoms with Crippen LogP contribution in [0, 0.1) is 0 Å². The molecule has 2 aliphatic rings. The molecule has 1 aromatic carbocycles. The number of hydrogen-bond acceptors (Lipinski definition) is 5. The molecular formula is C13H16O5. The molecular weight excluding hydrogens is 236 g/mol. The molecule has 0 spiro atoms. The Labute approximate surface area is 105 Å². The zero-order valence-electron chi connectivity index (χ0n) is 9.86. The van der Waals surface area contributed by atoms with E-state index in [9.17, 15) is 10.2 Å². The SMILES string of the molecule is O[C@@H]1CO[C@@]2(OCc3ccccc3)[C@@H]1OC[C@@H]2O. The highest BCUT2D eigenvalue weighted by Crippen LogP contribution is 2.39. The van der Waals surface area contributed by atoms with E-state index >= 15 is 0 Å². The van der Waals surface area contributed by atoms with Crippen molar-refractivity contribution < 1.29 is 24.4 Å². The average molecular weight is 252 g/mol. The quantitative estimate of drug-likeness (QED) is 0.795. The summed E-state index contributed by atoms with van der Waals surface area (Å²) in [7, 11) is 0. The van der Waals surface area contributed by atoms with Crippen molar-refractivity contribution in [3.8, 4) is 0 Å². The first-order valence-corrected chi connectivity index (χ1v) is 6.02. The summed E-state index contributed by atoms with van der Waals surface area (Å²) < 4.78 is 16.5. The van der Waals surface area contributed by atoms with Crippen molar-refractivity contribution >= 4 is 0 Å². The smallest absolute Gasteiger partial charge is 0.227 e. The number of aliphatic hydroxyl groups excluding tert-OH is 2. The van der Waals surface area contributed by atoms with Crippen LogP contribution >= 0.6 is 0 Å². The molecule has 4 atom stereocenters. The standard InChI is InChI=1S/C13H16O5/c14-10-7-18-13(11(15)8-16-12(10)13)17-6-9-4-2-1-3-5-9/h1-5,10-12,14-15H,6-8H2/t10-,11+,12-,13-/m1/s1. The van der Waals surface area contributed by atoms with E-state index in [-0.39, 0.29) is 13.2 Å². The minimum atomic E-state index is -1.23. The highest BCUT2D eigenvalue weighted by molar-refractivity contribution is 5.14. The molecule has 3 rings (SSSR count). The molecule has 98 valence electrons. The van der Waals surface area contributed by atoms with Gasteiger partial charge in [0.05, 0.1) is 19.8 Å². The lowest BCUT2D eigenvalue weighted by Gasteiger charge is -2.30. The Morgan fingerprint density at radius 2 is 2.00 bits per heavy atom. The largest absolute Gasteiger partial charge is 0.388 e. The summed E-state index contributed by atoms with van der Waals surface area (Å²) in [4.78, 5) is 0. The molecule has 5 heteroatoms. The second-order valence-corrected chi connectivity index (χ2v) is 4.64. The summed E-state index contributed by atoms with van der Waals surface area (Å²) in [5, 5.41) is 19.7. The first-order chi connectivity index (χ1) is 8.72. The Morgan fingerprint density at radius 1 is 1.22 bits per heavy atom. The summed E-state index contributed by atoms with van der Waals surface area (Å²) in [5.41, 5.74) is 0.981. The van der Waals surface area contributed by atoms with E-state index in [1.807, 2.05) is 30.3 Å². The fraction of sp³-hybridized carbons (Fsp3) is 0.538. The van der Waals surface area contributed by atoms with Crippen molar-refractivity contribution in [3.63, 3.8) is 0 Å². The molecule has 0 bridgehead atoms. The third-order valence-electron chi connectivity index (χ3n) is 3.43. The number of benzene rings is 1. The van der Waals surface area contributed by atoms with E-state index in [0.717, 1.165) is 5.56 Å². The van der Waals surface area contributed by atoms with Crippen LogP contribution in [0.1, 0.15) is 5.56 Å². The van der Waals surface area contributed by atoms with Crippen molar-refractivity contribution in [2.45, 2.75) is 30.7 Å². The van der Waals surface area contributed by atoms with E-state index in [0.29, 0.717) is 6.61 Å². The maximum atomic E-state index is 9.96. The van der Waals surface area contributed by atoms with Crippen LogP contribution in [0.15, 0.2) is 30.3 Å². The molecule has 1 aromatic rings. The van der Waals surface area contributed by atoms with E-state index in [1.54, 1.807) is 0 Å². The van der Waals surface area contributed by atoms with Gasteiger partial charge in [-0.1, -0.05) is 30.3 Å². The van der Waals surface area contributed by atoms with Gasteiger partial charge in [-0.25, -0.2) is 0 Å². The van der Waals surface area contributed by atoms with Gasteiger partial charge in [0.2, 0.25) is 5.79 Å². The molecule has 2 aliphatic heterocycles. The van der Waals surface area contributed by atoms with Crippen molar-refractivity contribution in [3.05, 3.63) is 35.9 Å². The maximum absolute atomic E-state index is 9.96. The first-order valence-electron chi connectivity index (χ1n) is 6.02. The molecule has 2 fully saturated rings. The van der Waals surface area contributed by atoms with E-state index in [2.05, 4.69) is 0 Å². The van der Waals surface area contributed by atoms with Crippen molar-refractivity contribution in [2.75, 3.05) is 13.2 Å². The summed E-state index contributed by atoms with van der Waals surface area (Å²) in [6.45, 7) is 0.553. The molecule has 2 heterocycles. The second kappa shape index (κ2) is 4.60. The highest BCUT2D eigenvalue weighted by atomic mass is 16.8. The lowest BCUT2D eigenvalue weighted by Crippen LogP contribution is -2.49. The Hall–Kier alpha value is -0.980. The van der Waals surface area contributed by atoms with Crippen molar-refractivity contribution in [2.24, 2.45) is 0 Å². The van der Waals surface area contributed by atoms with Crippen molar-refractivity contribution in [1.29, 1.82) is 0 Å². The van der Waals surface area contributed by atoms with Crippen LogP contribution in [0.3, 0.4) is 0 Å². The van der Waals surface area contributed by atoms with Gasteiger partial charge in [-0.15, -0.1) is 0 Å². The van der Waals surface area contributed by atoms with Crippen LogP contribution in [0.4, 0.5) is 0 Å². The second-order valence-electron chi connectivity index (χ2n) is 4.64. The van der Waals surface area contributed by atoms with E-state index in [4.69, 9.17) is 14.2 Å². The molecule has 2 saturated heterocycles. The topological polar surface area (TPSA) is 68.2 Å². The predicted molar refractivity (Wildman–Crippen MR) is 61.7 cm³/mol. The predicted octanol–water partition coefficient (Wildman–Crippen LogP) is 0.0503. The number of hydrogen-bond donors (Lipinski definition) is 2. The Bertz CT molecular complexity index is 409. The number of ether oxygens (including phenoxy) is 3. The minimum Gasteiger partial charge on any atom is -0.388 e. The lowest BCUT2D eigenvalue weighted by molar-refractivity contribution is -0.262. The number of aliphatic hydroxyl groups is 2. The molecule has 0 unspecified atom stereocenters. The van der Waals surface area contributed by atoms with Gasteiger partial charge >= 0.3 is 0 Å². The maximum Gasteiger partial charge on any atom is 0.227 e. The molecule has 18 heavy (non-hydrogen) atoms. The summed E-state index contributed by atoms with van der Waals surface area (Å²) in [6.07, 6.45) is -2.24. The normalized spacial score (nSPS) is 38.9. The minimum absolute atomic E-state index is 0.122. The Morgan fingerprint density at radius 3 is 2.78 bits per heavy atom. The average Bonchev–Trinajstić information content (AvgIpc) is 2.89. The zero-order chi connectivity index (χ0) is 12.6. The Kier molecular flexibility index (Phi) is 3.09. The van der Waals surface area contributed by atoms with Crippen LogP contribution in [0.5, 0.6) is 0 Å². The highest BCUT2D eigenvalue weighted by Gasteiger charge is 2.61. The van der Waals surface area contributed by atoms with Crippen LogP contribution in [0.25, 0.3) is 0 Å². The van der Waals surface area contributed by atoms with Gasteiger partial charge in [-0.3, -0.25) is 0 Å². The first kappa shape index (κ1) is 12.1. The molecule has 0 aromatic heterocycles. The van der Waals surface area contributed by atoms with Gasteiger partial charge in [0.25, 0.3) is 0 Å². The Balaban J connectivity index is 1.74. The van der Waals surface area contributed by atoms with Gasteiger partial charge in [0.1, 0.15) is 18.3 Å². The summed E-state index contributed by atoms with van der Waals surface area (Å²) in [5.74, 6) is -1.23. The lowest BCUT2D eigenvalue weighted by atomic mass is 10.1. The zero-order valence-corrected chi connectivity index (χ0v) is 9.86. The third-order valence-corrected chi connectivity index (χ3v) is 3.43. The van der Waals surface area contributed by atoms with Gasteiger partial charge in [0.15, 0.2) is 0 Å². The van der Waals surface area contributed by atoms with E-state index < -0.39 is 24.1 Å². The fourth-order valence-corrected chi connectivity index (χ4v) is 2.47. The van der Waals surface area contributed by atoms with Gasteiger partial charge in [-0.05, 0) is 5.56 Å².